The largest absolute Gasteiger partial charge is 0.497 e. The van der Waals surface area contributed by atoms with Crippen LogP contribution in [0.5, 0.6) is 5.75 Å². The van der Waals surface area contributed by atoms with Gasteiger partial charge in [0.2, 0.25) is 0 Å². The van der Waals surface area contributed by atoms with E-state index in [1.165, 1.54) is 7.11 Å². The first kappa shape index (κ1) is 17.5. The minimum atomic E-state index is -3.49. The predicted molar refractivity (Wildman–Crippen MR) is 79.8 cm³/mol. The van der Waals surface area contributed by atoms with E-state index in [9.17, 15) is 13.2 Å². The summed E-state index contributed by atoms with van der Waals surface area (Å²) in [6, 6.07) is 6.25. The maximum atomic E-state index is 12.2. The van der Waals surface area contributed by atoms with Gasteiger partial charge in [0.15, 0.2) is 9.84 Å². The molecule has 118 valence electrons. The van der Waals surface area contributed by atoms with Crippen LogP contribution in [-0.2, 0) is 19.4 Å². The van der Waals surface area contributed by atoms with Crippen molar-refractivity contribution < 1.29 is 22.7 Å². The Labute approximate surface area is 125 Å². The van der Waals surface area contributed by atoms with Crippen molar-refractivity contribution in [1.82, 2.24) is 0 Å². The van der Waals surface area contributed by atoms with Crippen LogP contribution < -0.4 is 10.5 Å². The van der Waals surface area contributed by atoms with Crippen molar-refractivity contribution in [3.63, 3.8) is 0 Å². The third-order valence-corrected chi connectivity index (χ3v) is 5.59. The fourth-order valence-electron chi connectivity index (χ4n) is 1.83. The number of carbonyl (C=O) groups is 1. The van der Waals surface area contributed by atoms with Gasteiger partial charge in [-0.3, -0.25) is 4.79 Å². The Morgan fingerprint density at radius 1 is 1.24 bits per heavy atom. The number of ether oxygens (including phenoxy) is 2. The van der Waals surface area contributed by atoms with Gasteiger partial charge in [-0.05, 0) is 24.6 Å². The summed E-state index contributed by atoms with van der Waals surface area (Å²) in [5.74, 6) is -0.152. The first-order chi connectivity index (χ1) is 9.81. The Kier molecular flexibility index (Phi) is 6.17. The van der Waals surface area contributed by atoms with Gasteiger partial charge in [-0.25, -0.2) is 8.42 Å². The minimum Gasteiger partial charge on any atom is -0.497 e. The number of rotatable bonds is 7. The Morgan fingerprint density at radius 2 is 1.81 bits per heavy atom. The van der Waals surface area contributed by atoms with Crippen LogP contribution in [0.2, 0.25) is 0 Å². The summed E-state index contributed by atoms with van der Waals surface area (Å²) in [4.78, 5) is 11.1. The first-order valence-corrected chi connectivity index (χ1v) is 8.21. The maximum Gasteiger partial charge on any atom is 0.306 e. The highest BCUT2D eigenvalue weighted by Crippen LogP contribution is 2.23. The summed E-state index contributed by atoms with van der Waals surface area (Å²) >= 11 is 0. The molecular weight excluding hydrogens is 294 g/mol. The molecule has 7 heteroatoms. The van der Waals surface area contributed by atoms with Crippen molar-refractivity contribution >= 4 is 15.8 Å². The molecule has 0 saturated heterocycles. The lowest BCUT2D eigenvalue weighted by molar-refractivity contribution is -0.140. The van der Waals surface area contributed by atoms with E-state index in [1.807, 2.05) is 0 Å². The lowest BCUT2D eigenvalue weighted by Gasteiger charge is -2.20. The number of sulfone groups is 1. The molecule has 0 heterocycles. The summed E-state index contributed by atoms with van der Waals surface area (Å²) in [5, 5.41) is -0.796. The second kappa shape index (κ2) is 7.42. The highest BCUT2D eigenvalue weighted by molar-refractivity contribution is 7.92. The van der Waals surface area contributed by atoms with Crippen molar-refractivity contribution in [3.8, 4) is 5.75 Å². The van der Waals surface area contributed by atoms with Crippen molar-refractivity contribution in [3.05, 3.63) is 29.8 Å². The standard InChI is InChI=1S/C14H21NO5S/c1-10(21(17,18)9-8-13(16)20-3)14(15)11-4-6-12(19-2)7-5-11/h4-7,10,14H,8-9,15H2,1-3H3. The summed E-state index contributed by atoms with van der Waals surface area (Å²) in [6.45, 7) is 1.54. The Balaban J connectivity index is 2.79. The van der Waals surface area contributed by atoms with E-state index in [0.717, 1.165) is 0 Å². The highest BCUT2D eigenvalue weighted by Gasteiger charge is 2.28. The molecule has 0 saturated carbocycles. The fraction of sp³-hybridized carbons (Fsp3) is 0.500. The first-order valence-electron chi connectivity index (χ1n) is 6.49. The monoisotopic (exact) mass is 315 g/mol. The second-order valence-electron chi connectivity index (χ2n) is 4.70. The average Bonchev–Trinajstić information content (AvgIpc) is 2.51. The molecule has 1 aromatic carbocycles. The van der Waals surface area contributed by atoms with Crippen LogP contribution in [0, 0.1) is 0 Å². The molecule has 1 aromatic rings. The molecule has 2 unspecified atom stereocenters. The number of methoxy groups -OCH3 is 2. The van der Waals surface area contributed by atoms with Gasteiger partial charge in [0.25, 0.3) is 0 Å². The van der Waals surface area contributed by atoms with Crippen molar-refractivity contribution in [1.29, 1.82) is 0 Å². The Morgan fingerprint density at radius 3 is 2.29 bits per heavy atom. The Hall–Kier alpha value is -1.60. The van der Waals surface area contributed by atoms with Crippen molar-refractivity contribution in [2.45, 2.75) is 24.6 Å². The van der Waals surface area contributed by atoms with Crippen LogP contribution in [-0.4, -0.2) is 39.6 Å². The van der Waals surface area contributed by atoms with Gasteiger partial charge in [0.05, 0.1) is 31.6 Å². The molecule has 2 N–H and O–H groups in total. The van der Waals surface area contributed by atoms with Crippen LogP contribution >= 0.6 is 0 Å². The van der Waals surface area contributed by atoms with Crippen molar-refractivity contribution in [2.24, 2.45) is 5.73 Å². The molecule has 2 atom stereocenters. The van der Waals surface area contributed by atoms with Gasteiger partial charge in [-0.2, -0.15) is 0 Å². The van der Waals surface area contributed by atoms with Crippen LogP contribution in [0.15, 0.2) is 24.3 Å². The summed E-state index contributed by atoms with van der Waals surface area (Å²) in [6.07, 6.45) is -0.168. The van der Waals surface area contributed by atoms with E-state index >= 15 is 0 Å². The van der Waals surface area contributed by atoms with Crippen LogP contribution in [0.25, 0.3) is 0 Å². The number of benzene rings is 1. The minimum absolute atomic E-state index is 0.168. The predicted octanol–water partition coefficient (Wildman–Crippen LogP) is 1.06. The highest BCUT2D eigenvalue weighted by atomic mass is 32.2. The fourth-order valence-corrected chi connectivity index (χ4v) is 3.26. The lowest BCUT2D eigenvalue weighted by atomic mass is 10.1. The zero-order valence-corrected chi connectivity index (χ0v) is 13.2. The van der Waals surface area contributed by atoms with Crippen LogP contribution in [0.3, 0.4) is 0 Å². The summed E-state index contributed by atoms with van der Waals surface area (Å²) in [5.41, 5.74) is 6.72. The average molecular weight is 315 g/mol. The normalized spacial score (nSPS) is 14.3. The number of esters is 1. The molecule has 0 aromatic heterocycles. The molecule has 0 aliphatic rings. The van der Waals surface area contributed by atoms with E-state index in [0.29, 0.717) is 11.3 Å². The van der Waals surface area contributed by atoms with E-state index in [1.54, 1.807) is 38.3 Å². The van der Waals surface area contributed by atoms with E-state index < -0.39 is 27.1 Å². The number of hydrogen-bond acceptors (Lipinski definition) is 6. The third kappa shape index (κ3) is 4.71. The molecule has 1 rings (SSSR count). The molecule has 0 fully saturated rings. The van der Waals surface area contributed by atoms with Gasteiger partial charge >= 0.3 is 5.97 Å². The number of hydrogen-bond donors (Lipinski definition) is 1. The quantitative estimate of drug-likeness (QED) is 0.756. The van der Waals surface area contributed by atoms with Gasteiger partial charge in [-0.1, -0.05) is 12.1 Å². The topological polar surface area (TPSA) is 95.7 Å². The van der Waals surface area contributed by atoms with E-state index in [2.05, 4.69) is 4.74 Å². The van der Waals surface area contributed by atoms with Gasteiger partial charge in [-0.15, -0.1) is 0 Å². The van der Waals surface area contributed by atoms with Gasteiger partial charge in [0, 0.05) is 6.04 Å². The molecule has 0 aliphatic heterocycles. The van der Waals surface area contributed by atoms with Crippen LogP contribution in [0.1, 0.15) is 24.9 Å². The number of nitrogens with two attached hydrogens (primary N) is 1. The van der Waals surface area contributed by atoms with Gasteiger partial charge < -0.3 is 15.2 Å². The molecule has 0 spiro atoms. The molecule has 6 nitrogen and oxygen atoms in total. The third-order valence-electron chi connectivity index (χ3n) is 3.39. The zero-order chi connectivity index (χ0) is 16.0. The summed E-state index contributed by atoms with van der Waals surface area (Å²) in [7, 11) is -0.711. The molecular formula is C14H21NO5S. The number of carbonyl (C=O) groups excluding carboxylic acids is 1. The maximum absolute atomic E-state index is 12.2. The zero-order valence-electron chi connectivity index (χ0n) is 12.4. The van der Waals surface area contributed by atoms with E-state index in [-0.39, 0.29) is 12.2 Å². The van der Waals surface area contributed by atoms with Crippen molar-refractivity contribution in [2.75, 3.05) is 20.0 Å². The van der Waals surface area contributed by atoms with Gasteiger partial charge in [0.1, 0.15) is 5.75 Å². The molecule has 0 bridgehead atoms. The molecule has 0 radical (unpaired) electrons. The molecule has 0 aliphatic carbocycles. The van der Waals surface area contributed by atoms with E-state index in [4.69, 9.17) is 10.5 Å². The molecule has 0 amide bonds. The second-order valence-corrected chi connectivity index (χ2v) is 7.17. The smallest absolute Gasteiger partial charge is 0.306 e. The summed E-state index contributed by atoms with van der Waals surface area (Å²) < 4.78 is 33.8. The van der Waals surface area contributed by atoms with Crippen LogP contribution in [0.4, 0.5) is 0 Å². The Bertz CT molecular complexity index is 568. The SMILES string of the molecule is COC(=O)CCS(=O)(=O)C(C)C(N)c1ccc(OC)cc1. The lowest BCUT2D eigenvalue weighted by Crippen LogP contribution is -2.33. The molecule has 21 heavy (non-hydrogen) atoms.